The number of amides is 2. The zero-order valence-corrected chi connectivity index (χ0v) is 32.1. The van der Waals surface area contributed by atoms with Gasteiger partial charge in [-0.25, -0.2) is 0 Å². The molecule has 11 heteroatoms. The number of likely N-dealkylation sites (N-methyl/N-ethyl adjacent to an activating group) is 1. The number of para-hydroxylation sites is 2. The van der Waals surface area contributed by atoms with E-state index in [9.17, 15) is 4.79 Å². The highest BCUT2D eigenvalue weighted by molar-refractivity contribution is 6.32. The van der Waals surface area contributed by atoms with Crippen molar-refractivity contribution in [3.05, 3.63) is 99.1 Å². The molecule has 3 aromatic heterocycles. The minimum atomic E-state index is -0.703. The number of nitrogens with zero attached hydrogens (tertiary/aromatic N) is 6. The lowest BCUT2D eigenvalue weighted by Crippen LogP contribution is -2.48. The molecule has 0 bridgehead atoms. The Bertz CT molecular complexity index is 2430. The number of hydrogen-bond acceptors (Lipinski definition) is 4. The topological polar surface area (TPSA) is 77.5 Å². The molecule has 6 aromatic rings. The number of carbonyl (C=O) groups excluding carboxylic acids is 2. The summed E-state index contributed by atoms with van der Waals surface area (Å²) in [4.78, 5) is 31.9. The van der Waals surface area contributed by atoms with Gasteiger partial charge in [0.1, 0.15) is 22.6 Å². The highest BCUT2D eigenvalue weighted by Crippen LogP contribution is 2.46. The van der Waals surface area contributed by atoms with Crippen LogP contribution < -0.4 is 9.64 Å². The Morgan fingerprint density at radius 2 is 1.65 bits per heavy atom. The number of ether oxygens (including phenoxy) is 1. The van der Waals surface area contributed by atoms with Gasteiger partial charge in [-0.1, -0.05) is 53.5 Å². The van der Waals surface area contributed by atoms with Crippen LogP contribution in [0.5, 0.6) is 5.75 Å². The van der Waals surface area contributed by atoms with E-state index in [0.717, 1.165) is 71.8 Å². The lowest BCUT2D eigenvalue weighted by Gasteiger charge is -2.39. The minimum Gasteiger partial charge on any atom is -0.494 e. The molecule has 8 rings (SSSR count). The molecule has 2 amide bonds. The summed E-state index contributed by atoms with van der Waals surface area (Å²) in [6.45, 7) is 11.8. The molecular formula is C41H42Cl2N6O3. The second-order valence-electron chi connectivity index (χ2n) is 14.3. The summed E-state index contributed by atoms with van der Waals surface area (Å²) in [6, 6.07) is 17.8. The second-order valence-corrected chi connectivity index (χ2v) is 15.1. The molecular weight excluding hydrogens is 695 g/mol. The third-order valence-corrected chi connectivity index (χ3v) is 12.2. The fraction of sp³-hybridized carbons (Fsp3) is 0.341. The normalized spacial score (nSPS) is 17.4. The molecule has 9 nitrogen and oxygen atoms in total. The van der Waals surface area contributed by atoms with Crippen molar-refractivity contribution in [2.75, 3.05) is 25.1 Å². The van der Waals surface area contributed by atoms with Gasteiger partial charge in [-0.2, -0.15) is 5.10 Å². The summed E-state index contributed by atoms with van der Waals surface area (Å²) in [6.07, 6.45) is 1.30. The van der Waals surface area contributed by atoms with Crippen molar-refractivity contribution in [2.45, 2.75) is 65.5 Å². The van der Waals surface area contributed by atoms with Gasteiger partial charge in [-0.15, -0.1) is 0 Å². The van der Waals surface area contributed by atoms with Crippen LogP contribution in [0.2, 0.25) is 5.02 Å². The third-order valence-electron chi connectivity index (χ3n) is 11.0. The average Bonchev–Trinajstić information content (AvgIpc) is 3.75. The number of carbonyl (C=O) groups is 2. The van der Waals surface area contributed by atoms with Crippen molar-refractivity contribution in [3.63, 3.8) is 0 Å². The molecule has 2 aliphatic rings. The van der Waals surface area contributed by atoms with Crippen LogP contribution in [-0.4, -0.2) is 61.3 Å². The number of benzene rings is 3. The number of hydrogen-bond donors (Lipinski definition) is 0. The summed E-state index contributed by atoms with van der Waals surface area (Å²) < 4.78 is 12.4. The van der Waals surface area contributed by atoms with E-state index in [1.807, 2.05) is 80.5 Å². The summed E-state index contributed by atoms with van der Waals surface area (Å²) in [5, 5.41) is 7.41. The maximum Gasteiger partial charge on any atom is 0.276 e. The van der Waals surface area contributed by atoms with Crippen LogP contribution in [0, 0.1) is 27.7 Å². The standard InChI is InChI=1S/C41H42Cl2N6O3/c1-22-19-28(20-23(2)35(22)42)52-18-10-14-30-29-12-9-13-31(34-24(3)44-46(7)25(34)4)37(29)48-26(5)39(43)49(41(51)38(30)48)32-15-8-11-27-21-33-40(50)45(6)16-17-47(33)36(27)32/h8-9,11-13,15,19-21,26,39H,10,14,16-18H2,1-7H3/t26-,39?/m1/s1. The minimum absolute atomic E-state index is 0.0313. The summed E-state index contributed by atoms with van der Waals surface area (Å²) in [5.74, 6) is 0.584. The predicted octanol–water partition coefficient (Wildman–Crippen LogP) is 8.77. The molecule has 2 atom stereocenters. The second kappa shape index (κ2) is 12.7. The fourth-order valence-electron chi connectivity index (χ4n) is 8.38. The van der Waals surface area contributed by atoms with E-state index >= 15 is 4.79 Å². The molecule has 0 fully saturated rings. The number of fused-ring (bicyclic) bond motifs is 6. The number of aromatic nitrogens is 4. The van der Waals surface area contributed by atoms with Crippen LogP contribution in [0.15, 0.2) is 54.6 Å². The van der Waals surface area contributed by atoms with Gasteiger partial charge >= 0.3 is 0 Å². The Morgan fingerprint density at radius 3 is 2.37 bits per heavy atom. The van der Waals surface area contributed by atoms with Gasteiger partial charge in [-0.3, -0.25) is 19.2 Å². The Morgan fingerprint density at radius 1 is 0.923 bits per heavy atom. The largest absolute Gasteiger partial charge is 0.494 e. The lowest BCUT2D eigenvalue weighted by atomic mass is 9.98. The van der Waals surface area contributed by atoms with Crippen molar-refractivity contribution in [1.82, 2.24) is 23.8 Å². The van der Waals surface area contributed by atoms with Crippen LogP contribution in [0.4, 0.5) is 5.69 Å². The molecule has 0 aliphatic carbocycles. The molecule has 0 saturated heterocycles. The Balaban J connectivity index is 1.27. The fourth-order valence-corrected chi connectivity index (χ4v) is 8.80. The Hall–Kier alpha value is -4.73. The molecule has 5 heterocycles. The van der Waals surface area contributed by atoms with Gasteiger partial charge < -0.3 is 18.8 Å². The number of rotatable bonds is 7. The van der Waals surface area contributed by atoms with Gasteiger partial charge in [0.15, 0.2) is 0 Å². The highest BCUT2D eigenvalue weighted by Gasteiger charge is 2.42. The molecule has 3 aromatic carbocycles. The van der Waals surface area contributed by atoms with E-state index in [1.165, 1.54) is 0 Å². The molecule has 0 saturated carbocycles. The van der Waals surface area contributed by atoms with Crippen LogP contribution in [0.3, 0.4) is 0 Å². The molecule has 268 valence electrons. The first-order valence-corrected chi connectivity index (χ1v) is 18.6. The number of anilines is 1. The monoisotopic (exact) mass is 736 g/mol. The van der Waals surface area contributed by atoms with Crippen LogP contribution >= 0.6 is 23.2 Å². The highest BCUT2D eigenvalue weighted by atomic mass is 35.5. The molecule has 0 radical (unpaired) electrons. The van der Waals surface area contributed by atoms with Gasteiger partial charge in [0.2, 0.25) is 0 Å². The lowest BCUT2D eigenvalue weighted by molar-refractivity contribution is 0.0751. The van der Waals surface area contributed by atoms with E-state index in [4.69, 9.17) is 33.0 Å². The number of aryl methyl sites for hydroxylation is 5. The summed E-state index contributed by atoms with van der Waals surface area (Å²) in [5.41, 5.74) is 10.1. The van der Waals surface area contributed by atoms with Crippen molar-refractivity contribution >= 4 is 62.5 Å². The van der Waals surface area contributed by atoms with Crippen molar-refractivity contribution in [2.24, 2.45) is 7.05 Å². The predicted molar refractivity (Wildman–Crippen MR) is 208 cm³/mol. The van der Waals surface area contributed by atoms with Gasteiger partial charge in [0, 0.05) is 59.8 Å². The molecule has 0 N–H and O–H groups in total. The van der Waals surface area contributed by atoms with Gasteiger partial charge in [-0.05, 0) is 88.4 Å². The van der Waals surface area contributed by atoms with E-state index in [1.54, 1.807) is 9.80 Å². The smallest absolute Gasteiger partial charge is 0.276 e. The van der Waals surface area contributed by atoms with E-state index in [2.05, 4.69) is 36.6 Å². The van der Waals surface area contributed by atoms with Crippen molar-refractivity contribution in [1.29, 1.82) is 0 Å². The zero-order valence-electron chi connectivity index (χ0n) is 30.6. The summed E-state index contributed by atoms with van der Waals surface area (Å²) in [7, 11) is 3.78. The average molecular weight is 738 g/mol. The van der Waals surface area contributed by atoms with E-state index < -0.39 is 5.50 Å². The van der Waals surface area contributed by atoms with Crippen LogP contribution in [0.25, 0.3) is 32.9 Å². The van der Waals surface area contributed by atoms with E-state index in [-0.39, 0.29) is 17.9 Å². The zero-order chi connectivity index (χ0) is 36.7. The number of alkyl halides is 1. The first kappa shape index (κ1) is 34.4. The van der Waals surface area contributed by atoms with Crippen molar-refractivity contribution < 1.29 is 14.3 Å². The quantitative estimate of drug-likeness (QED) is 0.0933. The molecule has 52 heavy (non-hydrogen) atoms. The van der Waals surface area contributed by atoms with Crippen LogP contribution in [-0.2, 0) is 20.0 Å². The molecule has 2 aliphatic heterocycles. The molecule has 1 unspecified atom stereocenters. The van der Waals surface area contributed by atoms with Crippen LogP contribution in [0.1, 0.15) is 68.4 Å². The van der Waals surface area contributed by atoms with E-state index in [0.29, 0.717) is 49.6 Å². The SMILES string of the molecule is Cc1cc(OCCCc2c3n(c4c(-c5c(C)nn(C)c5C)cccc24)[C@H](C)C(Cl)N(c2cccc4cc5n(c24)CCN(C)C5=O)C3=O)cc(C)c1Cl. The Labute approximate surface area is 313 Å². The first-order chi connectivity index (χ1) is 24.9. The maximum atomic E-state index is 15.2. The van der Waals surface area contributed by atoms with Gasteiger partial charge in [0.05, 0.1) is 35.1 Å². The summed E-state index contributed by atoms with van der Waals surface area (Å²) >= 11 is 13.9. The van der Waals surface area contributed by atoms with Crippen molar-refractivity contribution in [3.8, 4) is 16.9 Å². The first-order valence-electron chi connectivity index (χ1n) is 17.8. The number of halogens is 2. The maximum absolute atomic E-state index is 15.2. The Kier molecular flexibility index (Phi) is 8.42. The third kappa shape index (κ3) is 5.15. The van der Waals surface area contributed by atoms with Gasteiger partial charge in [0.25, 0.3) is 11.8 Å². The molecule has 0 spiro atoms.